The van der Waals surface area contributed by atoms with Gasteiger partial charge in [-0.25, -0.2) is 0 Å². The second-order valence-corrected chi connectivity index (χ2v) is 6.47. The number of hydrogen-bond donors (Lipinski definition) is 1. The average Bonchev–Trinajstić information content (AvgIpc) is 2.40. The molecule has 1 saturated carbocycles. The normalized spacial score (nSPS) is 23.5. The Labute approximate surface area is 126 Å². The molecule has 1 aromatic carbocycles. The van der Waals surface area contributed by atoms with Gasteiger partial charge < -0.3 is 5.32 Å². The van der Waals surface area contributed by atoms with E-state index in [1.807, 2.05) is 18.2 Å². The van der Waals surface area contributed by atoms with Gasteiger partial charge >= 0.3 is 0 Å². The van der Waals surface area contributed by atoms with Gasteiger partial charge in [-0.1, -0.05) is 49.0 Å². The van der Waals surface area contributed by atoms with Crippen LogP contribution in [0.5, 0.6) is 0 Å². The van der Waals surface area contributed by atoms with Gasteiger partial charge in [-0.15, -0.1) is 0 Å². The lowest BCUT2D eigenvalue weighted by molar-refractivity contribution is 0.277. The van der Waals surface area contributed by atoms with Gasteiger partial charge in [0, 0.05) is 22.6 Å². The van der Waals surface area contributed by atoms with Crippen LogP contribution in [0.15, 0.2) is 18.2 Å². The standard InChI is InChI=1S/C16H23Cl2N/c1-2-3-12-4-8-15(9-5-12)19-11-13-6-7-14(17)10-16(13)18/h6-7,10,12,15,19H,2-5,8-9,11H2,1H3. The maximum Gasteiger partial charge on any atom is 0.0465 e. The lowest BCUT2D eigenvalue weighted by Crippen LogP contribution is -2.32. The number of halogens is 2. The molecule has 1 aliphatic carbocycles. The molecule has 0 spiro atoms. The Hall–Kier alpha value is -0.240. The minimum absolute atomic E-state index is 0.653. The van der Waals surface area contributed by atoms with Crippen LogP contribution >= 0.6 is 23.2 Å². The summed E-state index contributed by atoms with van der Waals surface area (Å²) in [5, 5.41) is 5.10. The Kier molecular flexibility index (Phi) is 6.00. The van der Waals surface area contributed by atoms with Crippen molar-refractivity contribution in [3.8, 4) is 0 Å². The summed E-state index contributed by atoms with van der Waals surface area (Å²) in [5.74, 6) is 0.960. The Bertz CT molecular complexity index is 398. The van der Waals surface area contributed by atoms with Gasteiger partial charge in [0.25, 0.3) is 0 Å². The maximum absolute atomic E-state index is 6.19. The number of rotatable bonds is 5. The van der Waals surface area contributed by atoms with Crippen molar-refractivity contribution in [3.63, 3.8) is 0 Å². The zero-order chi connectivity index (χ0) is 13.7. The van der Waals surface area contributed by atoms with Gasteiger partial charge in [-0.05, 0) is 49.3 Å². The SMILES string of the molecule is CCCC1CCC(NCc2ccc(Cl)cc2Cl)CC1. The number of hydrogen-bond acceptors (Lipinski definition) is 1. The van der Waals surface area contributed by atoms with E-state index in [4.69, 9.17) is 23.2 Å². The molecule has 0 aliphatic heterocycles. The van der Waals surface area contributed by atoms with E-state index in [0.717, 1.165) is 23.0 Å². The molecular weight excluding hydrogens is 277 g/mol. The zero-order valence-corrected chi connectivity index (χ0v) is 13.1. The van der Waals surface area contributed by atoms with E-state index < -0.39 is 0 Å². The fourth-order valence-electron chi connectivity index (χ4n) is 2.98. The lowest BCUT2D eigenvalue weighted by Gasteiger charge is -2.29. The summed E-state index contributed by atoms with van der Waals surface area (Å²) >= 11 is 12.1. The van der Waals surface area contributed by atoms with Gasteiger partial charge in [0.2, 0.25) is 0 Å². The molecule has 2 rings (SSSR count). The fraction of sp³-hybridized carbons (Fsp3) is 0.625. The van der Waals surface area contributed by atoms with Gasteiger partial charge in [0.15, 0.2) is 0 Å². The smallest absolute Gasteiger partial charge is 0.0465 e. The van der Waals surface area contributed by atoms with Crippen LogP contribution in [0, 0.1) is 5.92 Å². The predicted molar refractivity (Wildman–Crippen MR) is 84.0 cm³/mol. The molecule has 0 aromatic heterocycles. The topological polar surface area (TPSA) is 12.0 Å². The van der Waals surface area contributed by atoms with Crippen molar-refractivity contribution >= 4 is 23.2 Å². The summed E-state index contributed by atoms with van der Waals surface area (Å²) in [4.78, 5) is 0. The molecule has 1 aliphatic rings. The van der Waals surface area contributed by atoms with E-state index in [1.165, 1.54) is 38.5 Å². The van der Waals surface area contributed by atoms with Crippen LogP contribution in [0.2, 0.25) is 10.0 Å². The molecule has 0 radical (unpaired) electrons. The fourth-order valence-corrected chi connectivity index (χ4v) is 3.46. The highest BCUT2D eigenvalue weighted by Gasteiger charge is 2.20. The first kappa shape index (κ1) is 15.2. The number of benzene rings is 1. The molecule has 0 saturated heterocycles. The second kappa shape index (κ2) is 7.52. The van der Waals surface area contributed by atoms with E-state index in [0.29, 0.717) is 11.1 Å². The van der Waals surface area contributed by atoms with Crippen LogP contribution in [-0.2, 0) is 6.54 Å². The molecule has 1 aromatic rings. The Morgan fingerprint density at radius 2 is 1.89 bits per heavy atom. The third-order valence-electron chi connectivity index (χ3n) is 4.14. The molecule has 106 valence electrons. The molecule has 1 N–H and O–H groups in total. The first-order chi connectivity index (χ1) is 9.19. The van der Waals surface area contributed by atoms with Crippen molar-refractivity contribution in [3.05, 3.63) is 33.8 Å². The van der Waals surface area contributed by atoms with Gasteiger partial charge in [-0.3, -0.25) is 0 Å². The number of nitrogens with one attached hydrogen (secondary N) is 1. The quantitative estimate of drug-likeness (QED) is 0.763. The van der Waals surface area contributed by atoms with Crippen molar-refractivity contribution in [1.82, 2.24) is 5.32 Å². The summed E-state index contributed by atoms with van der Waals surface area (Å²) in [6.45, 7) is 3.13. The molecular formula is C16H23Cl2N. The molecule has 0 heterocycles. The Balaban J connectivity index is 1.77. The molecule has 0 bridgehead atoms. The lowest BCUT2D eigenvalue weighted by atomic mass is 9.83. The van der Waals surface area contributed by atoms with Crippen molar-refractivity contribution < 1.29 is 0 Å². The highest BCUT2D eigenvalue weighted by atomic mass is 35.5. The van der Waals surface area contributed by atoms with E-state index in [9.17, 15) is 0 Å². The molecule has 0 amide bonds. The first-order valence-corrected chi connectivity index (χ1v) is 8.12. The summed E-state index contributed by atoms with van der Waals surface area (Å²) in [7, 11) is 0. The van der Waals surface area contributed by atoms with Crippen LogP contribution < -0.4 is 5.32 Å². The third-order valence-corrected chi connectivity index (χ3v) is 4.73. The first-order valence-electron chi connectivity index (χ1n) is 7.36. The van der Waals surface area contributed by atoms with Crippen LogP contribution in [0.3, 0.4) is 0 Å². The van der Waals surface area contributed by atoms with Gasteiger partial charge in [-0.2, -0.15) is 0 Å². The van der Waals surface area contributed by atoms with E-state index in [1.54, 1.807) is 0 Å². The molecule has 1 fully saturated rings. The van der Waals surface area contributed by atoms with Crippen LogP contribution in [-0.4, -0.2) is 6.04 Å². The molecule has 0 unspecified atom stereocenters. The third kappa shape index (κ3) is 4.66. The zero-order valence-electron chi connectivity index (χ0n) is 11.6. The van der Waals surface area contributed by atoms with E-state index >= 15 is 0 Å². The molecule has 3 heteroatoms. The minimum atomic E-state index is 0.653. The molecule has 1 nitrogen and oxygen atoms in total. The van der Waals surface area contributed by atoms with E-state index in [2.05, 4.69) is 12.2 Å². The highest BCUT2D eigenvalue weighted by Crippen LogP contribution is 2.28. The highest BCUT2D eigenvalue weighted by molar-refractivity contribution is 6.35. The summed E-state index contributed by atoms with van der Waals surface area (Å²) in [5.41, 5.74) is 1.14. The summed E-state index contributed by atoms with van der Waals surface area (Å²) in [6, 6.07) is 6.39. The predicted octanol–water partition coefficient (Wildman–Crippen LogP) is 5.44. The van der Waals surface area contributed by atoms with Gasteiger partial charge in [0.05, 0.1) is 0 Å². The average molecular weight is 300 g/mol. The van der Waals surface area contributed by atoms with E-state index in [-0.39, 0.29) is 0 Å². The van der Waals surface area contributed by atoms with Crippen molar-refractivity contribution in [2.75, 3.05) is 0 Å². The van der Waals surface area contributed by atoms with Crippen molar-refractivity contribution in [2.45, 2.75) is 58.0 Å². The Morgan fingerprint density at radius 1 is 1.16 bits per heavy atom. The van der Waals surface area contributed by atoms with Crippen molar-refractivity contribution in [1.29, 1.82) is 0 Å². The largest absolute Gasteiger partial charge is 0.310 e. The minimum Gasteiger partial charge on any atom is -0.310 e. The summed E-state index contributed by atoms with van der Waals surface area (Å²) in [6.07, 6.45) is 8.07. The summed E-state index contributed by atoms with van der Waals surface area (Å²) < 4.78 is 0. The molecule has 19 heavy (non-hydrogen) atoms. The van der Waals surface area contributed by atoms with Crippen molar-refractivity contribution in [2.24, 2.45) is 5.92 Å². The van der Waals surface area contributed by atoms with Crippen LogP contribution in [0.25, 0.3) is 0 Å². The molecule has 0 atom stereocenters. The van der Waals surface area contributed by atoms with Crippen LogP contribution in [0.4, 0.5) is 0 Å². The Morgan fingerprint density at radius 3 is 2.53 bits per heavy atom. The second-order valence-electron chi connectivity index (χ2n) is 5.62. The maximum atomic E-state index is 6.19. The van der Waals surface area contributed by atoms with Gasteiger partial charge in [0.1, 0.15) is 0 Å². The monoisotopic (exact) mass is 299 g/mol. The van der Waals surface area contributed by atoms with Crippen LogP contribution in [0.1, 0.15) is 51.0 Å².